The summed E-state index contributed by atoms with van der Waals surface area (Å²) in [5.74, 6) is 0. The molecule has 0 amide bonds. The van der Waals surface area contributed by atoms with Gasteiger partial charge in [0, 0.05) is 24.8 Å². The van der Waals surface area contributed by atoms with Crippen LogP contribution in [0.5, 0.6) is 0 Å². The fourth-order valence-electron chi connectivity index (χ4n) is 2.60. The fourth-order valence-corrected chi connectivity index (χ4v) is 2.60. The molecule has 0 spiro atoms. The van der Waals surface area contributed by atoms with Crippen LogP contribution in [0.4, 0.5) is 5.69 Å². The van der Waals surface area contributed by atoms with Gasteiger partial charge in [-0.1, -0.05) is 32.4 Å². The van der Waals surface area contributed by atoms with Crippen molar-refractivity contribution in [3.63, 3.8) is 0 Å². The molecule has 1 N–H and O–H groups in total. The Morgan fingerprint density at radius 3 is 2.53 bits per heavy atom. The third-order valence-corrected chi connectivity index (χ3v) is 3.54. The number of likely N-dealkylation sites (N-methyl/N-ethyl adjacent to an activating group) is 1. The third kappa shape index (κ3) is 5.23. The predicted octanol–water partition coefficient (Wildman–Crippen LogP) is 3.99. The van der Waals surface area contributed by atoms with Crippen LogP contribution < -0.4 is 10.2 Å². The number of aryl methyl sites for hydroxylation is 1. The summed E-state index contributed by atoms with van der Waals surface area (Å²) >= 11 is 0. The van der Waals surface area contributed by atoms with Gasteiger partial charge in [-0.15, -0.1) is 0 Å². The van der Waals surface area contributed by atoms with Gasteiger partial charge < -0.3 is 10.2 Å². The van der Waals surface area contributed by atoms with E-state index in [4.69, 9.17) is 0 Å². The van der Waals surface area contributed by atoms with Crippen molar-refractivity contribution in [3.05, 3.63) is 29.8 Å². The molecule has 1 atom stereocenters. The first kappa shape index (κ1) is 16.0. The van der Waals surface area contributed by atoms with E-state index in [0.717, 1.165) is 19.6 Å². The maximum Gasteiger partial charge on any atom is 0.0414 e. The van der Waals surface area contributed by atoms with Crippen molar-refractivity contribution in [1.29, 1.82) is 0 Å². The zero-order valence-corrected chi connectivity index (χ0v) is 13.1. The van der Waals surface area contributed by atoms with Crippen molar-refractivity contribution in [2.45, 2.75) is 53.0 Å². The first-order chi connectivity index (χ1) is 9.22. The van der Waals surface area contributed by atoms with Gasteiger partial charge in [0.15, 0.2) is 0 Å². The molecule has 2 nitrogen and oxygen atoms in total. The monoisotopic (exact) mass is 262 g/mol. The molecule has 0 saturated carbocycles. The fraction of sp³-hybridized carbons (Fsp3) is 0.647. The van der Waals surface area contributed by atoms with E-state index >= 15 is 0 Å². The summed E-state index contributed by atoms with van der Waals surface area (Å²) in [6.07, 6.45) is 3.69. The summed E-state index contributed by atoms with van der Waals surface area (Å²) in [6.45, 7) is 12.2. The highest BCUT2D eigenvalue weighted by Crippen LogP contribution is 2.20. The highest BCUT2D eigenvalue weighted by atomic mass is 15.2. The van der Waals surface area contributed by atoms with Crippen LogP contribution in [-0.2, 0) is 0 Å². The lowest BCUT2D eigenvalue weighted by Gasteiger charge is -2.33. The smallest absolute Gasteiger partial charge is 0.0414 e. The number of nitrogens with one attached hydrogen (secondary N) is 1. The van der Waals surface area contributed by atoms with Gasteiger partial charge in [-0.2, -0.15) is 0 Å². The van der Waals surface area contributed by atoms with E-state index in [-0.39, 0.29) is 0 Å². The van der Waals surface area contributed by atoms with Gasteiger partial charge in [0.25, 0.3) is 0 Å². The third-order valence-electron chi connectivity index (χ3n) is 3.54. The Bertz CT molecular complexity index is 349. The van der Waals surface area contributed by atoms with Gasteiger partial charge in [-0.05, 0) is 50.9 Å². The maximum absolute atomic E-state index is 3.58. The van der Waals surface area contributed by atoms with Crippen molar-refractivity contribution in [2.24, 2.45) is 0 Å². The second-order valence-corrected chi connectivity index (χ2v) is 5.27. The normalized spacial score (nSPS) is 12.4. The molecular weight excluding hydrogens is 232 g/mol. The average molecular weight is 262 g/mol. The predicted molar refractivity (Wildman–Crippen MR) is 86.1 cm³/mol. The molecule has 0 saturated heterocycles. The van der Waals surface area contributed by atoms with Crippen LogP contribution >= 0.6 is 0 Å². The lowest BCUT2D eigenvalue weighted by Crippen LogP contribution is -2.42. The molecule has 1 aromatic rings. The summed E-state index contributed by atoms with van der Waals surface area (Å²) in [6, 6.07) is 9.46. The largest absolute Gasteiger partial charge is 0.368 e. The van der Waals surface area contributed by atoms with Gasteiger partial charge in [0.1, 0.15) is 0 Å². The Hall–Kier alpha value is -1.02. The molecule has 0 aliphatic carbocycles. The Labute approximate surface area is 119 Å². The van der Waals surface area contributed by atoms with E-state index in [1.165, 1.54) is 30.5 Å². The molecule has 1 aromatic carbocycles. The van der Waals surface area contributed by atoms with Gasteiger partial charge >= 0.3 is 0 Å². The summed E-state index contributed by atoms with van der Waals surface area (Å²) < 4.78 is 0. The average Bonchev–Trinajstić information content (AvgIpc) is 2.40. The number of hydrogen-bond acceptors (Lipinski definition) is 2. The number of benzene rings is 1. The Morgan fingerprint density at radius 1 is 1.16 bits per heavy atom. The van der Waals surface area contributed by atoms with Crippen molar-refractivity contribution in [3.8, 4) is 0 Å². The number of nitrogens with zero attached hydrogens (tertiary/aromatic N) is 1. The van der Waals surface area contributed by atoms with Crippen molar-refractivity contribution >= 4 is 5.69 Å². The molecule has 0 aromatic heterocycles. The quantitative estimate of drug-likeness (QED) is 0.677. The molecule has 2 heteroatoms. The minimum absolute atomic E-state index is 0.600. The van der Waals surface area contributed by atoms with Gasteiger partial charge in [-0.25, -0.2) is 0 Å². The molecule has 1 unspecified atom stereocenters. The highest BCUT2D eigenvalue weighted by Gasteiger charge is 2.16. The minimum atomic E-state index is 0.600. The van der Waals surface area contributed by atoms with Crippen LogP contribution in [-0.4, -0.2) is 25.7 Å². The van der Waals surface area contributed by atoms with Crippen LogP contribution in [0.2, 0.25) is 0 Å². The van der Waals surface area contributed by atoms with Crippen molar-refractivity contribution in [1.82, 2.24) is 5.32 Å². The van der Waals surface area contributed by atoms with E-state index in [0.29, 0.717) is 6.04 Å². The number of hydrogen-bond donors (Lipinski definition) is 1. The first-order valence-corrected chi connectivity index (χ1v) is 7.76. The number of rotatable bonds is 9. The molecule has 0 bridgehead atoms. The summed E-state index contributed by atoms with van der Waals surface area (Å²) in [4.78, 5) is 2.54. The summed E-state index contributed by atoms with van der Waals surface area (Å²) in [5, 5.41) is 3.58. The Kier molecular flexibility index (Phi) is 7.57. The SMILES string of the molecule is CCCNCC(CCC)N(CC)c1cccc(C)c1. The Morgan fingerprint density at radius 2 is 1.95 bits per heavy atom. The summed E-state index contributed by atoms with van der Waals surface area (Å²) in [5.41, 5.74) is 2.70. The van der Waals surface area contributed by atoms with E-state index < -0.39 is 0 Å². The van der Waals surface area contributed by atoms with Crippen LogP contribution in [0.15, 0.2) is 24.3 Å². The molecular formula is C17H30N2. The lowest BCUT2D eigenvalue weighted by molar-refractivity contribution is 0.503. The zero-order valence-electron chi connectivity index (χ0n) is 13.1. The van der Waals surface area contributed by atoms with Crippen LogP contribution in [0, 0.1) is 6.92 Å². The first-order valence-electron chi connectivity index (χ1n) is 7.76. The molecule has 1 rings (SSSR count). The number of anilines is 1. The highest BCUT2D eigenvalue weighted by molar-refractivity contribution is 5.49. The molecule has 108 valence electrons. The van der Waals surface area contributed by atoms with E-state index in [1.807, 2.05) is 0 Å². The molecule has 0 heterocycles. The second-order valence-electron chi connectivity index (χ2n) is 5.27. The molecule has 0 aliphatic rings. The minimum Gasteiger partial charge on any atom is -0.368 e. The lowest BCUT2D eigenvalue weighted by atomic mass is 10.1. The molecule has 0 radical (unpaired) electrons. The second kappa shape index (κ2) is 8.98. The van der Waals surface area contributed by atoms with Gasteiger partial charge in [-0.3, -0.25) is 0 Å². The standard InChI is InChI=1S/C17H30N2/c1-5-9-17(14-18-12-6-2)19(7-3)16-11-8-10-15(4)13-16/h8,10-11,13,17-18H,5-7,9,12,14H2,1-4H3. The summed E-state index contributed by atoms with van der Waals surface area (Å²) in [7, 11) is 0. The molecule has 19 heavy (non-hydrogen) atoms. The molecule has 0 aliphatic heterocycles. The van der Waals surface area contributed by atoms with E-state index in [2.05, 4.69) is 62.2 Å². The molecule has 0 fully saturated rings. The maximum atomic E-state index is 3.58. The van der Waals surface area contributed by atoms with Gasteiger partial charge in [0.2, 0.25) is 0 Å². The van der Waals surface area contributed by atoms with Crippen molar-refractivity contribution in [2.75, 3.05) is 24.5 Å². The zero-order chi connectivity index (χ0) is 14.1. The van der Waals surface area contributed by atoms with Gasteiger partial charge in [0.05, 0.1) is 0 Å². The van der Waals surface area contributed by atoms with Crippen LogP contribution in [0.1, 0.15) is 45.6 Å². The van der Waals surface area contributed by atoms with Crippen molar-refractivity contribution < 1.29 is 0 Å². The topological polar surface area (TPSA) is 15.3 Å². The van der Waals surface area contributed by atoms with Crippen LogP contribution in [0.25, 0.3) is 0 Å². The Balaban J connectivity index is 2.77. The van der Waals surface area contributed by atoms with E-state index in [1.54, 1.807) is 0 Å². The van der Waals surface area contributed by atoms with E-state index in [9.17, 15) is 0 Å². The van der Waals surface area contributed by atoms with Crippen LogP contribution in [0.3, 0.4) is 0 Å².